The molecule has 0 rings (SSSR count). The Morgan fingerprint density at radius 2 is 2.43 bits per heavy atom. The van der Waals surface area contributed by atoms with Crippen molar-refractivity contribution in [1.29, 1.82) is 0 Å². The summed E-state index contributed by atoms with van der Waals surface area (Å²) < 4.78 is 0. The molecule has 1 heteroatoms. The van der Waals surface area contributed by atoms with Gasteiger partial charge in [-0.3, -0.25) is 0 Å². The fourth-order valence-corrected chi connectivity index (χ4v) is 0.241. The van der Waals surface area contributed by atoms with E-state index >= 15 is 0 Å². The zero-order valence-corrected chi connectivity index (χ0v) is 5.01. The number of hydrogen-bond acceptors (Lipinski definition) is 1. The van der Waals surface area contributed by atoms with E-state index in [4.69, 9.17) is 0 Å². The van der Waals surface area contributed by atoms with Gasteiger partial charge in [-0.05, 0) is 30.2 Å². The molecule has 0 aromatic heterocycles. The third kappa shape index (κ3) is 3.21. The Morgan fingerprint density at radius 1 is 1.86 bits per heavy atom. The topological polar surface area (TPSA) is 0 Å². The van der Waals surface area contributed by atoms with Crippen LogP contribution in [-0.4, -0.2) is 5.02 Å². The van der Waals surface area contributed by atoms with Gasteiger partial charge in [0.25, 0.3) is 0 Å². The number of allylic oxidation sites excluding steroid dienone is 2. The van der Waals surface area contributed by atoms with Crippen molar-refractivity contribution in [2.24, 2.45) is 0 Å². The van der Waals surface area contributed by atoms with Crippen molar-refractivity contribution in [3.8, 4) is 0 Å². The van der Waals surface area contributed by atoms with Gasteiger partial charge in [-0.25, -0.2) is 0 Å². The fraction of sp³-hybridized carbons (Fsp3) is 0.167. The molecule has 0 saturated heterocycles. The van der Waals surface area contributed by atoms with Crippen molar-refractivity contribution in [3.05, 3.63) is 24.0 Å². The average Bonchev–Trinajstić information content (AvgIpc) is 1.68. The molecule has 0 radical (unpaired) electrons. The average molecular weight is 110 g/mol. The second kappa shape index (κ2) is 3.58. The van der Waals surface area contributed by atoms with Crippen molar-refractivity contribution in [2.45, 2.75) is 6.92 Å². The highest BCUT2D eigenvalue weighted by atomic mass is 32.1. The van der Waals surface area contributed by atoms with Crippen LogP contribution in [0.25, 0.3) is 0 Å². The van der Waals surface area contributed by atoms with Crippen molar-refractivity contribution < 1.29 is 0 Å². The lowest BCUT2D eigenvalue weighted by molar-refractivity contribution is 1.61. The molecule has 0 unspecified atom stereocenters. The third-order valence-electron chi connectivity index (χ3n) is 0.480. The molecule has 0 fully saturated rings. The van der Waals surface area contributed by atoms with Crippen molar-refractivity contribution in [1.82, 2.24) is 0 Å². The summed E-state index contributed by atoms with van der Waals surface area (Å²) in [6.45, 7) is 5.21. The molecule has 0 N–H and O–H groups in total. The van der Waals surface area contributed by atoms with Crippen LogP contribution in [0.3, 0.4) is 0 Å². The molecule has 0 saturated carbocycles. The lowest BCUT2D eigenvalue weighted by Gasteiger charge is -1.71. The maximum atomic E-state index is 4.45. The van der Waals surface area contributed by atoms with E-state index in [1.165, 1.54) is 0 Å². The molecule has 0 atom stereocenters. The maximum Gasteiger partial charge on any atom is 0.0101 e. The zero-order valence-electron chi connectivity index (χ0n) is 4.19. The van der Waals surface area contributed by atoms with E-state index in [0.29, 0.717) is 0 Å². The van der Waals surface area contributed by atoms with Crippen molar-refractivity contribution in [3.63, 3.8) is 0 Å². The Hall–Kier alpha value is -0.610. The van der Waals surface area contributed by atoms with Gasteiger partial charge in [0.15, 0.2) is 0 Å². The minimum atomic E-state index is 0.894. The van der Waals surface area contributed by atoms with Gasteiger partial charge in [0.2, 0.25) is 0 Å². The molecular weight excluding hydrogens is 104 g/mol. The highest BCUT2D eigenvalue weighted by molar-refractivity contribution is 7.78. The van der Waals surface area contributed by atoms with Crippen LogP contribution >= 0.6 is 12.2 Å². The second-order valence-electron chi connectivity index (χ2n) is 1.13. The molecule has 0 spiro atoms. The first kappa shape index (κ1) is 6.39. The van der Waals surface area contributed by atoms with Gasteiger partial charge in [0, 0.05) is 5.57 Å². The highest BCUT2D eigenvalue weighted by Gasteiger charge is 1.68. The van der Waals surface area contributed by atoms with Crippen LogP contribution in [0.1, 0.15) is 6.92 Å². The Morgan fingerprint density at radius 3 is 2.57 bits per heavy atom. The van der Waals surface area contributed by atoms with Gasteiger partial charge in [0.1, 0.15) is 0 Å². The summed E-state index contributed by atoms with van der Waals surface area (Å²) in [5.74, 6) is 0. The second-order valence-corrected chi connectivity index (χ2v) is 1.34. The molecule has 0 aromatic carbocycles. The van der Waals surface area contributed by atoms with Crippen molar-refractivity contribution in [2.75, 3.05) is 0 Å². The van der Waals surface area contributed by atoms with Gasteiger partial charge in [0.05, 0.1) is 0 Å². The SMILES string of the molecule is C=C=CC(C)=C=S. The van der Waals surface area contributed by atoms with Crippen LogP contribution < -0.4 is 0 Å². The minimum absolute atomic E-state index is 0.894. The summed E-state index contributed by atoms with van der Waals surface area (Å²) in [7, 11) is 0. The summed E-state index contributed by atoms with van der Waals surface area (Å²) in [5, 5.41) is 2.51. The minimum Gasteiger partial charge on any atom is -0.128 e. The molecule has 0 heterocycles. The Labute approximate surface area is 48.9 Å². The number of rotatable bonds is 1. The zero-order chi connectivity index (χ0) is 5.70. The summed E-state index contributed by atoms with van der Waals surface area (Å²) >= 11 is 4.45. The van der Waals surface area contributed by atoms with Gasteiger partial charge in [-0.2, -0.15) is 0 Å². The molecule has 0 nitrogen and oxygen atoms in total. The van der Waals surface area contributed by atoms with Gasteiger partial charge in [-0.15, -0.1) is 5.73 Å². The molecule has 7 heavy (non-hydrogen) atoms. The number of thiocarbonyl (C=S) groups is 1. The third-order valence-corrected chi connectivity index (χ3v) is 0.802. The smallest absolute Gasteiger partial charge is 0.0101 e. The molecule has 0 amide bonds. The monoisotopic (exact) mass is 110 g/mol. The van der Waals surface area contributed by atoms with Gasteiger partial charge < -0.3 is 0 Å². The highest BCUT2D eigenvalue weighted by Crippen LogP contribution is 1.82. The molecule has 0 bridgehead atoms. The molecule has 0 aromatic rings. The summed E-state index contributed by atoms with van der Waals surface area (Å²) in [6.07, 6.45) is 1.69. The first-order valence-electron chi connectivity index (χ1n) is 1.89. The predicted molar refractivity (Wildman–Crippen MR) is 35.5 cm³/mol. The van der Waals surface area contributed by atoms with E-state index < -0.39 is 0 Å². The van der Waals surface area contributed by atoms with E-state index in [1.807, 2.05) is 6.92 Å². The van der Waals surface area contributed by atoms with Gasteiger partial charge >= 0.3 is 0 Å². The van der Waals surface area contributed by atoms with E-state index in [-0.39, 0.29) is 0 Å². The molecular formula is C6H6S. The predicted octanol–water partition coefficient (Wildman–Crippen LogP) is 1.87. The fourth-order valence-electron chi connectivity index (χ4n) is 0.183. The molecule has 0 aliphatic rings. The first-order chi connectivity index (χ1) is 3.31. The summed E-state index contributed by atoms with van der Waals surface area (Å²) in [6, 6.07) is 0. The summed E-state index contributed by atoms with van der Waals surface area (Å²) in [4.78, 5) is 0. The molecule has 36 valence electrons. The lowest BCUT2D eigenvalue weighted by Crippen LogP contribution is -1.59. The van der Waals surface area contributed by atoms with Crippen LogP contribution in [0.5, 0.6) is 0 Å². The van der Waals surface area contributed by atoms with Crippen LogP contribution in [0.2, 0.25) is 0 Å². The maximum absolute atomic E-state index is 4.45. The van der Waals surface area contributed by atoms with Crippen molar-refractivity contribution >= 4 is 17.2 Å². The Bertz CT molecular complexity index is 144. The standard InChI is InChI=1S/C6H6S/c1-3-4-6(2)5-7/h4H,1H2,2H3. The van der Waals surface area contributed by atoms with E-state index in [0.717, 1.165) is 5.57 Å². The van der Waals surface area contributed by atoms with Crippen LogP contribution in [-0.2, 0) is 0 Å². The number of hydrogen-bond donors (Lipinski definition) is 0. The quantitative estimate of drug-likeness (QED) is 0.282. The van der Waals surface area contributed by atoms with E-state index in [2.05, 4.69) is 29.6 Å². The normalized spacial score (nSPS) is 5.86. The van der Waals surface area contributed by atoms with Crippen LogP contribution in [0.15, 0.2) is 24.0 Å². The Kier molecular flexibility index (Phi) is 3.26. The molecule has 0 aliphatic carbocycles. The van der Waals surface area contributed by atoms with Gasteiger partial charge in [-0.1, -0.05) is 6.58 Å². The molecule has 0 aliphatic heterocycles. The lowest BCUT2D eigenvalue weighted by atomic mass is 10.3. The summed E-state index contributed by atoms with van der Waals surface area (Å²) in [5.41, 5.74) is 3.47. The largest absolute Gasteiger partial charge is 0.128 e. The Balaban J connectivity index is 4.10. The first-order valence-corrected chi connectivity index (χ1v) is 2.29. The van der Waals surface area contributed by atoms with E-state index in [1.54, 1.807) is 6.08 Å². The van der Waals surface area contributed by atoms with Crippen LogP contribution in [0.4, 0.5) is 0 Å². The van der Waals surface area contributed by atoms with Crippen LogP contribution in [0, 0.1) is 0 Å². The van der Waals surface area contributed by atoms with E-state index in [9.17, 15) is 0 Å².